The van der Waals surface area contributed by atoms with Gasteiger partial charge in [-0.3, -0.25) is 14.9 Å². The molecule has 0 radical (unpaired) electrons. The molecule has 0 saturated carbocycles. The van der Waals surface area contributed by atoms with E-state index in [1.807, 2.05) is 36.4 Å². The molecule has 0 heterocycles. The van der Waals surface area contributed by atoms with Gasteiger partial charge in [-0.15, -0.1) is 0 Å². The summed E-state index contributed by atoms with van der Waals surface area (Å²) in [6.45, 7) is 0. The third-order valence-corrected chi connectivity index (χ3v) is 4.76. The van der Waals surface area contributed by atoms with Crippen LogP contribution in [0.2, 0.25) is 0 Å². The second-order valence-corrected chi connectivity index (χ2v) is 6.77. The maximum Gasteiger partial charge on any atom is 0.276 e. The van der Waals surface area contributed by atoms with Crippen molar-refractivity contribution in [3.8, 4) is 0 Å². The van der Waals surface area contributed by atoms with E-state index in [1.54, 1.807) is 24.3 Å². The Morgan fingerprint density at radius 2 is 1.79 bits per heavy atom. The molecule has 28 heavy (non-hydrogen) atoms. The molecule has 7 heteroatoms. The molecule has 0 fully saturated rings. The number of hydrazone groups is 1. The van der Waals surface area contributed by atoms with Crippen molar-refractivity contribution >= 4 is 50.6 Å². The molecule has 0 saturated heterocycles. The predicted molar refractivity (Wildman–Crippen MR) is 114 cm³/mol. The number of carbonyl (C=O) groups excluding carboxylic acids is 1. The molecule has 0 aliphatic carbocycles. The molecule has 0 aromatic heterocycles. The van der Waals surface area contributed by atoms with Crippen molar-refractivity contribution in [2.75, 3.05) is 0 Å². The molecule has 0 aliphatic rings. The Bertz CT molecular complexity index is 1090. The van der Waals surface area contributed by atoms with Gasteiger partial charge >= 0.3 is 0 Å². The van der Waals surface area contributed by atoms with Crippen molar-refractivity contribution in [3.63, 3.8) is 0 Å². The molecular formula is C21H16BrN3O3. The van der Waals surface area contributed by atoms with E-state index in [0.29, 0.717) is 5.56 Å². The van der Waals surface area contributed by atoms with Gasteiger partial charge in [-0.05, 0) is 40.6 Å². The van der Waals surface area contributed by atoms with E-state index in [0.717, 1.165) is 20.8 Å². The molecule has 0 aliphatic heterocycles. The number of benzene rings is 3. The maximum absolute atomic E-state index is 12.2. The van der Waals surface area contributed by atoms with Gasteiger partial charge in [0.15, 0.2) is 0 Å². The summed E-state index contributed by atoms with van der Waals surface area (Å²) in [4.78, 5) is 22.7. The number of para-hydroxylation sites is 1. The standard InChI is InChI=1S/C21H16BrN3O3/c22-19-12-11-16(17-8-2-3-9-18(17)19)14-21(26)24-23-13-5-7-15-6-1-4-10-20(15)25(27)28/h1-13H,14H2,(H,24,26). The van der Waals surface area contributed by atoms with Gasteiger partial charge in [-0.1, -0.05) is 58.4 Å². The summed E-state index contributed by atoms with van der Waals surface area (Å²) in [6, 6.07) is 18.1. The molecule has 0 unspecified atom stereocenters. The maximum atomic E-state index is 12.2. The van der Waals surface area contributed by atoms with Crippen LogP contribution in [0.1, 0.15) is 11.1 Å². The highest BCUT2D eigenvalue weighted by Crippen LogP contribution is 2.27. The highest BCUT2D eigenvalue weighted by atomic mass is 79.9. The minimum Gasteiger partial charge on any atom is -0.273 e. The van der Waals surface area contributed by atoms with Crippen LogP contribution in [0.3, 0.4) is 0 Å². The summed E-state index contributed by atoms with van der Waals surface area (Å²) in [6.07, 6.45) is 4.68. The van der Waals surface area contributed by atoms with Crippen LogP contribution in [-0.4, -0.2) is 17.0 Å². The monoisotopic (exact) mass is 437 g/mol. The topological polar surface area (TPSA) is 84.6 Å². The Labute approximate surface area is 169 Å². The summed E-state index contributed by atoms with van der Waals surface area (Å²) in [7, 11) is 0. The first-order valence-electron chi connectivity index (χ1n) is 8.44. The Hall–Kier alpha value is -3.32. The zero-order valence-corrected chi connectivity index (χ0v) is 16.3. The minimum absolute atomic E-state index is 0.0123. The van der Waals surface area contributed by atoms with Gasteiger partial charge in [0.1, 0.15) is 0 Å². The minimum atomic E-state index is -0.443. The second kappa shape index (κ2) is 9.05. The van der Waals surface area contributed by atoms with Crippen molar-refractivity contribution in [2.24, 2.45) is 5.10 Å². The van der Waals surface area contributed by atoms with E-state index in [9.17, 15) is 14.9 Å². The number of hydrogen-bond acceptors (Lipinski definition) is 4. The lowest BCUT2D eigenvalue weighted by atomic mass is 10.0. The van der Waals surface area contributed by atoms with E-state index in [2.05, 4.69) is 26.5 Å². The predicted octanol–water partition coefficient (Wildman–Crippen LogP) is 4.87. The molecule has 3 aromatic rings. The van der Waals surface area contributed by atoms with Gasteiger partial charge in [0, 0.05) is 16.8 Å². The van der Waals surface area contributed by atoms with Crippen molar-refractivity contribution in [3.05, 3.63) is 92.5 Å². The molecule has 3 rings (SSSR count). The van der Waals surface area contributed by atoms with Crippen molar-refractivity contribution in [1.82, 2.24) is 5.43 Å². The smallest absolute Gasteiger partial charge is 0.273 e. The van der Waals surface area contributed by atoms with Gasteiger partial charge in [0.2, 0.25) is 5.91 Å². The number of nitro benzene ring substituents is 1. The van der Waals surface area contributed by atoms with Crippen LogP contribution in [0.25, 0.3) is 16.8 Å². The molecule has 0 bridgehead atoms. The molecule has 1 amide bonds. The van der Waals surface area contributed by atoms with E-state index in [4.69, 9.17) is 0 Å². The number of allylic oxidation sites excluding steroid dienone is 1. The first kappa shape index (κ1) is 19.4. The zero-order valence-electron chi connectivity index (χ0n) is 14.7. The van der Waals surface area contributed by atoms with E-state index >= 15 is 0 Å². The SMILES string of the molecule is O=C(Cc1ccc(Br)c2ccccc12)NN=CC=Cc1ccccc1[N+](=O)[O-]. The number of nitrogens with one attached hydrogen (secondary N) is 1. The molecule has 3 aromatic carbocycles. The lowest BCUT2D eigenvalue weighted by Crippen LogP contribution is -2.19. The molecule has 0 atom stereocenters. The van der Waals surface area contributed by atoms with Gasteiger partial charge in [0.25, 0.3) is 5.69 Å². The number of carbonyl (C=O) groups is 1. The van der Waals surface area contributed by atoms with Gasteiger partial charge in [-0.25, -0.2) is 5.43 Å². The van der Waals surface area contributed by atoms with Crippen molar-refractivity contribution in [1.29, 1.82) is 0 Å². The molecule has 0 spiro atoms. The van der Waals surface area contributed by atoms with Crippen molar-refractivity contribution in [2.45, 2.75) is 6.42 Å². The molecular weight excluding hydrogens is 422 g/mol. The Morgan fingerprint density at radius 1 is 1.07 bits per heavy atom. The molecule has 6 nitrogen and oxygen atoms in total. The zero-order chi connectivity index (χ0) is 19.9. The summed E-state index contributed by atoms with van der Waals surface area (Å²) in [5.74, 6) is -0.247. The van der Waals surface area contributed by atoms with Gasteiger partial charge < -0.3 is 0 Å². The first-order valence-corrected chi connectivity index (χ1v) is 9.23. The third-order valence-electron chi connectivity index (χ3n) is 4.07. The third kappa shape index (κ3) is 4.69. The highest BCUT2D eigenvalue weighted by Gasteiger charge is 2.09. The Balaban J connectivity index is 1.63. The van der Waals surface area contributed by atoms with E-state index < -0.39 is 4.92 Å². The Kier molecular flexibility index (Phi) is 6.29. The summed E-state index contributed by atoms with van der Waals surface area (Å²) in [5.41, 5.74) is 3.85. The number of nitrogens with zero attached hydrogens (tertiary/aromatic N) is 2. The van der Waals surface area contributed by atoms with Crippen LogP contribution in [-0.2, 0) is 11.2 Å². The number of hydrogen-bond donors (Lipinski definition) is 1. The quantitative estimate of drug-likeness (QED) is 0.339. The van der Waals surface area contributed by atoms with Gasteiger partial charge in [-0.2, -0.15) is 5.10 Å². The van der Waals surface area contributed by atoms with Crippen LogP contribution >= 0.6 is 15.9 Å². The van der Waals surface area contributed by atoms with Crippen LogP contribution in [0, 0.1) is 10.1 Å². The fourth-order valence-electron chi connectivity index (χ4n) is 2.79. The van der Waals surface area contributed by atoms with Crippen LogP contribution in [0.4, 0.5) is 5.69 Å². The largest absolute Gasteiger partial charge is 0.276 e. The van der Waals surface area contributed by atoms with Gasteiger partial charge in [0.05, 0.1) is 16.9 Å². The number of nitro groups is 1. The highest BCUT2D eigenvalue weighted by molar-refractivity contribution is 9.10. The Morgan fingerprint density at radius 3 is 2.57 bits per heavy atom. The van der Waals surface area contributed by atoms with E-state index in [-0.39, 0.29) is 18.0 Å². The van der Waals surface area contributed by atoms with Crippen molar-refractivity contribution < 1.29 is 9.72 Å². The number of rotatable bonds is 6. The summed E-state index contributed by atoms with van der Waals surface area (Å²) < 4.78 is 0.977. The fourth-order valence-corrected chi connectivity index (χ4v) is 3.26. The lowest BCUT2D eigenvalue weighted by molar-refractivity contribution is -0.385. The fraction of sp³-hybridized carbons (Fsp3) is 0.0476. The van der Waals surface area contributed by atoms with Crippen LogP contribution < -0.4 is 5.43 Å². The second-order valence-electron chi connectivity index (χ2n) is 5.92. The number of amides is 1. The average Bonchev–Trinajstić information content (AvgIpc) is 2.70. The summed E-state index contributed by atoms with van der Waals surface area (Å²) >= 11 is 3.52. The van der Waals surface area contributed by atoms with Crippen LogP contribution in [0.5, 0.6) is 0 Å². The summed E-state index contributed by atoms with van der Waals surface area (Å²) in [5, 5.41) is 16.9. The molecule has 140 valence electrons. The number of fused-ring (bicyclic) bond motifs is 1. The normalized spacial score (nSPS) is 11.3. The van der Waals surface area contributed by atoms with Crippen LogP contribution in [0.15, 0.2) is 76.3 Å². The number of halogens is 1. The average molecular weight is 438 g/mol. The lowest BCUT2D eigenvalue weighted by Gasteiger charge is -2.07. The molecule has 1 N–H and O–H groups in total. The van der Waals surface area contributed by atoms with E-state index in [1.165, 1.54) is 18.4 Å². The first-order chi connectivity index (χ1) is 13.6.